The first-order valence-corrected chi connectivity index (χ1v) is 7.32. The second-order valence-corrected chi connectivity index (χ2v) is 4.62. The lowest BCUT2D eigenvalue weighted by molar-refractivity contribution is 0.102. The van der Waals surface area contributed by atoms with Gasteiger partial charge in [0.15, 0.2) is 0 Å². The van der Waals surface area contributed by atoms with Gasteiger partial charge in [0.1, 0.15) is 23.6 Å². The van der Waals surface area contributed by atoms with E-state index in [1.165, 1.54) is 6.33 Å². The molecule has 0 bridgehead atoms. The number of rotatable bonds is 8. The SMILES string of the molecule is CCOc1ccc(NC(=O)c2cc(NCCOC)ncn2)cc1. The molecule has 1 heterocycles. The average Bonchev–Trinajstić information content (AvgIpc) is 2.57. The minimum Gasteiger partial charge on any atom is -0.494 e. The van der Waals surface area contributed by atoms with Crippen LogP contribution in [-0.4, -0.2) is 42.7 Å². The van der Waals surface area contributed by atoms with Gasteiger partial charge in [-0.3, -0.25) is 4.79 Å². The molecule has 0 aliphatic carbocycles. The molecular weight excluding hydrogens is 296 g/mol. The molecule has 7 nitrogen and oxygen atoms in total. The van der Waals surface area contributed by atoms with Gasteiger partial charge in [0, 0.05) is 25.4 Å². The monoisotopic (exact) mass is 316 g/mol. The van der Waals surface area contributed by atoms with E-state index in [2.05, 4.69) is 20.6 Å². The molecule has 1 amide bonds. The highest BCUT2D eigenvalue weighted by Gasteiger charge is 2.09. The summed E-state index contributed by atoms with van der Waals surface area (Å²) >= 11 is 0. The number of hydrogen-bond acceptors (Lipinski definition) is 6. The van der Waals surface area contributed by atoms with Crippen molar-refractivity contribution in [1.29, 1.82) is 0 Å². The Hall–Kier alpha value is -2.67. The van der Waals surface area contributed by atoms with Crippen LogP contribution in [-0.2, 0) is 4.74 Å². The summed E-state index contributed by atoms with van der Waals surface area (Å²) in [6, 6.07) is 8.76. The van der Waals surface area contributed by atoms with E-state index in [4.69, 9.17) is 9.47 Å². The minimum absolute atomic E-state index is 0.286. The Morgan fingerprint density at radius 1 is 1.22 bits per heavy atom. The number of benzene rings is 1. The van der Waals surface area contributed by atoms with Crippen molar-refractivity contribution in [3.8, 4) is 5.75 Å². The van der Waals surface area contributed by atoms with Crippen LogP contribution < -0.4 is 15.4 Å². The molecule has 1 aromatic carbocycles. The number of amides is 1. The third kappa shape index (κ3) is 5.23. The van der Waals surface area contributed by atoms with Crippen molar-refractivity contribution in [2.24, 2.45) is 0 Å². The Bertz CT molecular complexity index is 631. The van der Waals surface area contributed by atoms with Crippen LogP contribution >= 0.6 is 0 Å². The summed E-state index contributed by atoms with van der Waals surface area (Å²) in [6.07, 6.45) is 1.35. The van der Waals surface area contributed by atoms with Crippen LogP contribution in [0.3, 0.4) is 0 Å². The summed E-state index contributed by atoms with van der Waals surface area (Å²) in [4.78, 5) is 20.3. The molecule has 0 atom stereocenters. The molecule has 0 unspecified atom stereocenters. The first-order valence-electron chi connectivity index (χ1n) is 7.32. The largest absolute Gasteiger partial charge is 0.494 e. The van der Waals surface area contributed by atoms with Crippen LogP contribution in [0.15, 0.2) is 36.7 Å². The van der Waals surface area contributed by atoms with Gasteiger partial charge < -0.3 is 20.1 Å². The molecule has 7 heteroatoms. The third-order valence-electron chi connectivity index (χ3n) is 2.94. The first kappa shape index (κ1) is 16.7. The molecular formula is C16H20N4O3. The fraction of sp³-hybridized carbons (Fsp3) is 0.312. The van der Waals surface area contributed by atoms with E-state index in [0.717, 1.165) is 5.75 Å². The van der Waals surface area contributed by atoms with Gasteiger partial charge in [-0.1, -0.05) is 0 Å². The number of aromatic nitrogens is 2. The Morgan fingerprint density at radius 2 is 2.00 bits per heavy atom. The van der Waals surface area contributed by atoms with Gasteiger partial charge in [-0.05, 0) is 31.2 Å². The van der Waals surface area contributed by atoms with Crippen LogP contribution in [0.1, 0.15) is 17.4 Å². The fourth-order valence-corrected chi connectivity index (χ4v) is 1.86. The topological polar surface area (TPSA) is 85.4 Å². The molecule has 1 aromatic heterocycles. The fourth-order valence-electron chi connectivity index (χ4n) is 1.86. The molecule has 0 aliphatic rings. The lowest BCUT2D eigenvalue weighted by Crippen LogP contribution is -2.15. The molecule has 0 saturated carbocycles. The zero-order chi connectivity index (χ0) is 16.5. The van der Waals surface area contributed by atoms with E-state index in [1.54, 1.807) is 37.4 Å². The van der Waals surface area contributed by atoms with Crippen molar-refractivity contribution in [1.82, 2.24) is 9.97 Å². The minimum atomic E-state index is -0.300. The number of nitrogens with zero attached hydrogens (tertiary/aromatic N) is 2. The van der Waals surface area contributed by atoms with E-state index < -0.39 is 0 Å². The smallest absolute Gasteiger partial charge is 0.274 e. The van der Waals surface area contributed by atoms with Crippen molar-refractivity contribution < 1.29 is 14.3 Å². The Kier molecular flexibility index (Phi) is 6.31. The van der Waals surface area contributed by atoms with Gasteiger partial charge >= 0.3 is 0 Å². The van der Waals surface area contributed by atoms with Crippen LogP contribution in [0.25, 0.3) is 0 Å². The zero-order valence-corrected chi connectivity index (χ0v) is 13.2. The normalized spacial score (nSPS) is 10.2. The maximum Gasteiger partial charge on any atom is 0.274 e. The summed E-state index contributed by atoms with van der Waals surface area (Å²) in [5, 5.41) is 5.84. The second kappa shape index (κ2) is 8.70. The van der Waals surface area contributed by atoms with Crippen molar-refractivity contribution in [2.45, 2.75) is 6.92 Å². The van der Waals surface area contributed by atoms with E-state index in [-0.39, 0.29) is 11.6 Å². The van der Waals surface area contributed by atoms with Crippen molar-refractivity contribution in [2.75, 3.05) is 37.5 Å². The van der Waals surface area contributed by atoms with Crippen LogP contribution in [0.4, 0.5) is 11.5 Å². The number of carbonyl (C=O) groups is 1. The predicted molar refractivity (Wildman–Crippen MR) is 88.0 cm³/mol. The molecule has 0 aliphatic heterocycles. The molecule has 23 heavy (non-hydrogen) atoms. The average molecular weight is 316 g/mol. The van der Waals surface area contributed by atoms with Crippen molar-refractivity contribution >= 4 is 17.4 Å². The molecule has 0 saturated heterocycles. The molecule has 2 N–H and O–H groups in total. The summed E-state index contributed by atoms with van der Waals surface area (Å²) in [5.74, 6) is 1.04. The summed E-state index contributed by atoms with van der Waals surface area (Å²) in [6.45, 7) is 3.68. The summed E-state index contributed by atoms with van der Waals surface area (Å²) in [5.41, 5.74) is 0.958. The van der Waals surface area contributed by atoms with E-state index >= 15 is 0 Å². The number of carbonyl (C=O) groups excluding carboxylic acids is 1. The summed E-state index contributed by atoms with van der Waals surface area (Å²) < 4.78 is 10.3. The van der Waals surface area contributed by atoms with Gasteiger partial charge in [-0.2, -0.15) is 0 Å². The van der Waals surface area contributed by atoms with Crippen molar-refractivity contribution in [3.05, 3.63) is 42.4 Å². The second-order valence-electron chi connectivity index (χ2n) is 4.62. The van der Waals surface area contributed by atoms with Gasteiger partial charge in [-0.25, -0.2) is 9.97 Å². The maximum atomic E-state index is 12.2. The highest BCUT2D eigenvalue weighted by Crippen LogP contribution is 2.16. The Morgan fingerprint density at radius 3 is 2.70 bits per heavy atom. The molecule has 0 fully saturated rings. The van der Waals surface area contributed by atoms with Crippen LogP contribution in [0.2, 0.25) is 0 Å². The summed E-state index contributed by atoms with van der Waals surface area (Å²) in [7, 11) is 1.62. The highest BCUT2D eigenvalue weighted by molar-refractivity contribution is 6.03. The third-order valence-corrected chi connectivity index (χ3v) is 2.94. The number of methoxy groups -OCH3 is 1. The number of ether oxygens (including phenoxy) is 2. The van der Waals surface area contributed by atoms with Gasteiger partial charge in [0.2, 0.25) is 0 Å². The van der Waals surface area contributed by atoms with Crippen molar-refractivity contribution in [3.63, 3.8) is 0 Å². The van der Waals surface area contributed by atoms with Crippen LogP contribution in [0, 0.1) is 0 Å². The van der Waals surface area contributed by atoms with Gasteiger partial charge in [0.25, 0.3) is 5.91 Å². The number of nitrogens with one attached hydrogen (secondary N) is 2. The quantitative estimate of drug-likeness (QED) is 0.726. The first-order chi connectivity index (χ1) is 11.2. The van der Waals surface area contributed by atoms with E-state index in [1.807, 2.05) is 6.92 Å². The standard InChI is InChI=1S/C16H20N4O3/c1-3-23-13-6-4-12(5-7-13)20-16(21)14-10-15(19-11-18-14)17-8-9-22-2/h4-7,10-11H,3,8-9H2,1-2H3,(H,20,21)(H,17,18,19). The Labute approximate surface area is 135 Å². The lowest BCUT2D eigenvalue weighted by Gasteiger charge is -2.08. The predicted octanol–water partition coefficient (Wildman–Crippen LogP) is 2.19. The molecule has 0 spiro atoms. The van der Waals surface area contributed by atoms with E-state index in [9.17, 15) is 4.79 Å². The molecule has 2 aromatic rings. The Balaban J connectivity index is 1.98. The number of anilines is 2. The highest BCUT2D eigenvalue weighted by atomic mass is 16.5. The van der Waals surface area contributed by atoms with Crippen LogP contribution in [0.5, 0.6) is 5.75 Å². The van der Waals surface area contributed by atoms with E-state index in [0.29, 0.717) is 31.3 Å². The van der Waals surface area contributed by atoms with Gasteiger partial charge in [0.05, 0.1) is 13.2 Å². The lowest BCUT2D eigenvalue weighted by atomic mass is 10.3. The molecule has 2 rings (SSSR count). The maximum absolute atomic E-state index is 12.2. The number of hydrogen-bond donors (Lipinski definition) is 2. The zero-order valence-electron chi connectivity index (χ0n) is 13.2. The molecule has 122 valence electrons. The van der Waals surface area contributed by atoms with Gasteiger partial charge in [-0.15, -0.1) is 0 Å². The molecule has 0 radical (unpaired) electrons.